The summed E-state index contributed by atoms with van der Waals surface area (Å²) >= 11 is 0. The Kier molecular flexibility index (Phi) is 6.32. The maximum absolute atomic E-state index is 12.3. The van der Waals surface area contributed by atoms with E-state index >= 15 is 0 Å². The zero-order valence-electron chi connectivity index (χ0n) is 15.4. The third-order valence-corrected chi connectivity index (χ3v) is 5.31. The van der Waals surface area contributed by atoms with Crippen molar-refractivity contribution in [1.82, 2.24) is 9.80 Å². The van der Waals surface area contributed by atoms with Gasteiger partial charge in [-0.3, -0.25) is 4.90 Å². The van der Waals surface area contributed by atoms with Crippen LogP contribution in [-0.2, 0) is 4.74 Å². The first-order valence-corrected chi connectivity index (χ1v) is 9.27. The smallest absolute Gasteiger partial charge is 0.410 e. The van der Waals surface area contributed by atoms with Crippen molar-refractivity contribution >= 4 is 6.09 Å². The lowest BCUT2D eigenvalue weighted by atomic mass is 9.83. The standard InChI is InChI=1S/C18H35N3O2/c1-5-14-6-8-15(9-7-14)21-11-10-20(13-16(21)12-19)17(22)23-18(2,3)4/h14-16H,5-13,19H2,1-4H3. The summed E-state index contributed by atoms with van der Waals surface area (Å²) in [5.74, 6) is 0.908. The first-order valence-electron chi connectivity index (χ1n) is 9.27. The Morgan fingerprint density at radius 1 is 1.17 bits per heavy atom. The van der Waals surface area contributed by atoms with Gasteiger partial charge in [0.2, 0.25) is 0 Å². The second-order valence-corrected chi connectivity index (χ2v) is 8.14. The fraction of sp³-hybridized carbons (Fsp3) is 0.944. The van der Waals surface area contributed by atoms with E-state index in [0.717, 1.165) is 19.0 Å². The summed E-state index contributed by atoms with van der Waals surface area (Å²) in [7, 11) is 0. The second kappa shape index (κ2) is 7.84. The van der Waals surface area contributed by atoms with Crippen LogP contribution in [0.5, 0.6) is 0 Å². The van der Waals surface area contributed by atoms with Crippen molar-refractivity contribution in [2.45, 2.75) is 77.5 Å². The number of hydrogen-bond donors (Lipinski definition) is 1. The van der Waals surface area contributed by atoms with Crippen LogP contribution in [0.3, 0.4) is 0 Å². The highest BCUT2D eigenvalue weighted by atomic mass is 16.6. The van der Waals surface area contributed by atoms with Crippen molar-refractivity contribution in [3.63, 3.8) is 0 Å². The first kappa shape index (κ1) is 18.5. The molecule has 23 heavy (non-hydrogen) atoms. The van der Waals surface area contributed by atoms with Gasteiger partial charge in [0.1, 0.15) is 5.60 Å². The van der Waals surface area contributed by atoms with E-state index in [9.17, 15) is 4.79 Å². The number of piperazine rings is 1. The SMILES string of the molecule is CCC1CCC(N2CCN(C(=O)OC(C)(C)C)CC2CN)CC1. The summed E-state index contributed by atoms with van der Waals surface area (Å²) in [6, 6.07) is 0.909. The molecule has 2 fully saturated rings. The van der Waals surface area contributed by atoms with Gasteiger partial charge in [-0.2, -0.15) is 0 Å². The van der Waals surface area contributed by atoms with Gasteiger partial charge in [0.25, 0.3) is 0 Å². The molecule has 1 aliphatic heterocycles. The molecule has 0 spiro atoms. The van der Waals surface area contributed by atoms with Crippen LogP contribution in [-0.4, -0.2) is 59.8 Å². The van der Waals surface area contributed by atoms with Gasteiger partial charge in [-0.1, -0.05) is 13.3 Å². The molecule has 1 aliphatic carbocycles. The molecule has 134 valence electrons. The maximum Gasteiger partial charge on any atom is 0.410 e. The lowest BCUT2D eigenvalue weighted by Gasteiger charge is -2.46. The Balaban J connectivity index is 1.90. The van der Waals surface area contributed by atoms with Gasteiger partial charge >= 0.3 is 6.09 Å². The number of rotatable bonds is 3. The summed E-state index contributed by atoms with van der Waals surface area (Å²) in [5.41, 5.74) is 5.58. The number of nitrogens with two attached hydrogens (primary N) is 1. The maximum atomic E-state index is 12.3. The molecule has 0 radical (unpaired) electrons. The molecule has 1 amide bonds. The zero-order valence-corrected chi connectivity index (χ0v) is 15.4. The molecule has 0 aromatic heterocycles. The predicted molar refractivity (Wildman–Crippen MR) is 93.4 cm³/mol. The molecule has 5 nitrogen and oxygen atoms in total. The summed E-state index contributed by atoms with van der Waals surface area (Å²) < 4.78 is 5.51. The molecule has 1 saturated heterocycles. The van der Waals surface area contributed by atoms with Crippen molar-refractivity contribution in [3.8, 4) is 0 Å². The minimum atomic E-state index is -0.440. The number of carbonyl (C=O) groups excluding carboxylic acids is 1. The molecule has 0 aromatic rings. The van der Waals surface area contributed by atoms with Gasteiger partial charge in [0.05, 0.1) is 0 Å². The summed E-state index contributed by atoms with van der Waals surface area (Å²) in [6.45, 7) is 11.0. The third kappa shape index (κ3) is 5.08. The largest absolute Gasteiger partial charge is 0.444 e. The number of nitrogens with zero attached hydrogens (tertiary/aromatic N) is 2. The molecule has 5 heteroatoms. The van der Waals surface area contributed by atoms with Crippen LogP contribution in [0.2, 0.25) is 0 Å². The van der Waals surface area contributed by atoms with Crippen molar-refractivity contribution < 1.29 is 9.53 Å². The average Bonchev–Trinajstić information content (AvgIpc) is 2.52. The third-order valence-electron chi connectivity index (χ3n) is 5.31. The van der Waals surface area contributed by atoms with Gasteiger partial charge < -0.3 is 15.4 Å². The van der Waals surface area contributed by atoms with E-state index in [0.29, 0.717) is 19.1 Å². The second-order valence-electron chi connectivity index (χ2n) is 8.14. The summed E-state index contributed by atoms with van der Waals surface area (Å²) in [5, 5.41) is 0. The lowest BCUT2D eigenvalue weighted by Crippen LogP contribution is -2.60. The predicted octanol–water partition coefficient (Wildman–Crippen LogP) is 2.84. The van der Waals surface area contributed by atoms with Gasteiger partial charge in [0.15, 0.2) is 0 Å². The Labute approximate surface area is 141 Å². The number of carbonyl (C=O) groups is 1. The monoisotopic (exact) mass is 325 g/mol. The van der Waals surface area contributed by atoms with Crippen LogP contribution < -0.4 is 5.73 Å². The number of amides is 1. The molecular weight excluding hydrogens is 290 g/mol. The summed E-state index contributed by atoms with van der Waals surface area (Å²) in [6.07, 6.45) is 6.34. The molecule has 0 aromatic carbocycles. The fourth-order valence-electron chi connectivity index (χ4n) is 3.94. The van der Waals surface area contributed by atoms with E-state index in [1.165, 1.54) is 32.1 Å². The summed E-state index contributed by atoms with van der Waals surface area (Å²) in [4.78, 5) is 16.7. The normalized spacial score (nSPS) is 30.3. The molecule has 2 rings (SSSR count). The highest BCUT2D eigenvalue weighted by molar-refractivity contribution is 5.68. The van der Waals surface area contributed by atoms with Crippen LogP contribution in [0.25, 0.3) is 0 Å². The minimum Gasteiger partial charge on any atom is -0.444 e. The van der Waals surface area contributed by atoms with Crippen LogP contribution >= 0.6 is 0 Å². The molecule has 2 N–H and O–H groups in total. The van der Waals surface area contributed by atoms with Gasteiger partial charge in [-0.15, -0.1) is 0 Å². The van der Waals surface area contributed by atoms with Gasteiger partial charge in [-0.05, 0) is 52.4 Å². The molecule has 1 saturated carbocycles. The fourth-order valence-corrected chi connectivity index (χ4v) is 3.94. The van der Waals surface area contributed by atoms with E-state index in [2.05, 4.69) is 11.8 Å². The average molecular weight is 325 g/mol. The topological polar surface area (TPSA) is 58.8 Å². The van der Waals surface area contributed by atoms with Crippen molar-refractivity contribution in [2.24, 2.45) is 11.7 Å². The molecule has 1 heterocycles. The van der Waals surface area contributed by atoms with Crippen molar-refractivity contribution in [2.75, 3.05) is 26.2 Å². The Hall–Kier alpha value is -0.810. The van der Waals surface area contributed by atoms with E-state index in [4.69, 9.17) is 10.5 Å². The minimum absolute atomic E-state index is 0.203. The molecule has 1 unspecified atom stereocenters. The Bertz CT molecular complexity index is 386. The molecule has 0 bridgehead atoms. The molecule has 2 aliphatic rings. The van der Waals surface area contributed by atoms with Crippen molar-refractivity contribution in [3.05, 3.63) is 0 Å². The highest BCUT2D eigenvalue weighted by Gasteiger charge is 2.35. The van der Waals surface area contributed by atoms with Crippen LogP contribution in [0, 0.1) is 5.92 Å². The highest BCUT2D eigenvalue weighted by Crippen LogP contribution is 2.31. The van der Waals surface area contributed by atoms with Crippen molar-refractivity contribution in [1.29, 1.82) is 0 Å². The molecule has 1 atom stereocenters. The van der Waals surface area contributed by atoms with Gasteiger partial charge in [0, 0.05) is 38.3 Å². The molecular formula is C18H35N3O2. The van der Waals surface area contributed by atoms with E-state index in [-0.39, 0.29) is 12.1 Å². The van der Waals surface area contributed by atoms with Crippen LogP contribution in [0.4, 0.5) is 4.79 Å². The number of ether oxygens (including phenoxy) is 1. The quantitative estimate of drug-likeness (QED) is 0.867. The lowest BCUT2D eigenvalue weighted by molar-refractivity contribution is -0.00914. The zero-order chi connectivity index (χ0) is 17.0. The van der Waals surface area contributed by atoms with E-state index in [1.807, 2.05) is 25.7 Å². The van der Waals surface area contributed by atoms with E-state index < -0.39 is 5.60 Å². The van der Waals surface area contributed by atoms with E-state index in [1.54, 1.807) is 0 Å². The van der Waals surface area contributed by atoms with Crippen LogP contribution in [0.1, 0.15) is 59.8 Å². The Morgan fingerprint density at radius 3 is 2.35 bits per heavy atom. The Morgan fingerprint density at radius 2 is 1.83 bits per heavy atom. The first-order chi connectivity index (χ1) is 10.8. The van der Waals surface area contributed by atoms with Gasteiger partial charge in [-0.25, -0.2) is 4.79 Å². The van der Waals surface area contributed by atoms with Crippen LogP contribution in [0.15, 0.2) is 0 Å². The number of hydrogen-bond acceptors (Lipinski definition) is 4.